The first-order chi connectivity index (χ1) is 10.6. The number of nitrogens with zero attached hydrogens (tertiary/aromatic N) is 1. The molecule has 0 saturated carbocycles. The van der Waals surface area contributed by atoms with E-state index in [-0.39, 0.29) is 17.5 Å². The van der Waals surface area contributed by atoms with Gasteiger partial charge >= 0.3 is 0 Å². The lowest BCUT2D eigenvalue weighted by molar-refractivity contribution is -0.126. The molecule has 1 aliphatic heterocycles. The fraction of sp³-hybridized carbons (Fsp3) is 0.235. The van der Waals surface area contributed by atoms with Gasteiger partial charge in [-0.1, -0.05) is 19.1 Å². The number of ether oxygens (including phenoxy) is 1. The molecule has 4 nitrogen and oxygen atoms in total. The van der Waals surface area contributed by atoms with Gasteiger partial charge in [0.2, 0.25) is 0 Å². The van der Waals surface area contributed by atoms with E-state index in [2.05, 4.69) is 0 Å². The fourth-order valence-electron chi connectivity index (χ4n) is 2.51. The molecular weight excluding hydrogens is 285 g/mol. The van der Waals surface area contributed by atoms with Crippen molar-refractivity contribution in [1.82, 2.24) is 0 Å². The summed E-state index contributed by atoms with van der Waals surface area (Å²) in [6.07, 6.45) is -0.0387. The quantitative estimate of drug-likeness (QED) is 0.947. The summed E-state index contributed by atoms with van der Waals surface area (Å²) < 4.78 is 18.7. The highest BCUT2D eigenvalue weighted by Crippen LogP contribution is 2.38. The number of fused-ring (bicyclic) bond motifs is 1. The molecule has 2 aromatic carbocycles. The molecule has 0 radical (unpaired) electrons. The SMILES string of the molecule is CCC1Oc2cc(O)ccc2N(Cc2ccc(F)cc2)C1=O. The van der Waals surface area contributed by atoms with Gasteiger partial charge in [0.1, 0.15) is 17.3 Å². The van der Waals surface area contributed by atoms with Gasteiger partial charge in [0.15, 0.2) is 6.10 Å². The molecular formula is C17H16FNO3. The number of rotatable bonds is 3. The van der Waals surface area contributed by atoms with E-state index in [0.29, 0.717) is 24.4 Å². The minimum absolute atomic E-state index is 0.0877. The van der Waals surface area contributed by atoms with E-state index in [4.69, 9.17) is 4.74 Å². The van der Waals surface area contributed by atoms with Gasteiger partial charge in [-0.25, -0.2) is 4.39 Å². The summed E-state index contributed by atoms with van der Waals surface area (Å²) in [4.78, 5) is 14.2. The monoisotopic (exact) mass is 301 g/mol. The van der Waals surface area contributed by atoms with Gasteiger partial charge in [-0.05, 0) is 36.2 Å². The minimum atomic E-state index is -0.574. The molecule has 0 bridgehead atoms. The maximum absolute atomic E-state index is 13.0. The number of carbonyl (C=O) groups is 1. The number of carbonyl (C=O) groups excluding carboxylic acids is 1. The number of phenolic OH excluding ortho intramolecular Hbond substituents is 1. The lowest BCUT2D eigenvalue weighted by atomic mass is 10.1. The number of halogens is 1. The Morgan fingerprint density at radius 2 is 1.95 bits per heavy atom. The molecule has 0 aliphatic carbocycles. The highest BCUT2D eigenvalue weighted by Gasteiger charge is 2.33. The van der Waals surface area contributed by atoms with Crippen LogP contribution in [0.15, 0.2) is 42.5 Å². The fourth-order valence-corrected chi connectivity index (χ4v) is 2.51. The van der Waals surface area contributed by atoms with Crippen molar-refractivity contribution in [3.63, 3.8) is 0 Å². The summed E-state index contributed by atoms with van der Waals surface area (Å²) in [6.45, 7) is 2.20. The van der Waals surface area contributed by atoms with Crippen LogP contribution < -0.4 is 9.64 Å². The molecule has 5 heteroatoms. The smallest absolute Gasteiger partial charge is 0.268 e. The molecule has 1 unspecified atom stereocenters. The van der Waals surface area contributed by atoms with Crippen molar-refractivity contribution in [2.75, 3.05) is 4.90 Å². The van der Waals surface area contributed by atoms with Crippen LogP contribution >= 0.6 is 0 Å². The third-order valence-electron chi connectivity index (χ3n) is 3.67. The molecule has 1 aliphatic rings. The second-order valence-corrected chi connectivity index (χ2v) is 5.22. The Balaban J connectivity index is 1.97. The number of benzene rings is 2. The van der Waals surface area contributed by atoms with Crippen LogP contribution in [0.5, 0.6) is 11.5 Å². The van der Waals surface area contributed by atoms with Crippen molar-refractivity contribution in [1.29, 1.82) is 0 Å². The van der Waals surface area contributed by atoms with E-state index in [9.17, 15) is 14.3 Å². The van der Waals surface area contributed by atoms with Crippen molar-refractivity contribution in [2.24, 2.45) is 0 Å². The molecule has 0 spiro atoms. The van der Waals surface area contributed by atoms with Gasteiger partial charge in [0, 0.05) is 6.07 Å². The van der Waals surface area contributed by atoms with E-state index in [1.165, 1.54) is 24.3 Å². The third kappa shape index (κ3) is 2.62. The van der Waals surface area contributed by atoms with Gasteiger partial charge in [0.05, 0.1) is 12.2 Å². The minimum Gasteiger partial charge on any atom is -0.508 e. The van der Waals surface area contributed by atoms with Crippen LogP contribution in [0.25, 0.3) is 0 Å². The van der Waals surface area contributed by atoms with Crippen LogP contribution in [0.1, 0.15) is 18.9 Å². The molecule has 1 N–H and O–H groups in total. The first kappa shape index (κ1) is 14.4. The standard InChI is InChI=1S/C17H16FNO3/c1-2-15-17(21)19(10-11-3-5-12(18)6-4-11)14-8-7-13(20)9-16(14)22-15/h3-9,15,20H,2,10H2,1H3. The Labute approximate surface area is 127 Å². The molecule has 2 aromatic rings. The Hall–Kier alpha value is -2.56. The van der Waals surface area contributed by atoms with Crippen molar-refractivity contribution in [3.05, 3.63) is 53.8 Å². The van der Waals surface area contributed by atoms with Crippen LogP contribution in [0.4, 0.5) is 10.1 Å². The number of amides is 1. The second-order valence-electron chi connectivity index (χ2n) is 5.22. The van der Waals surface area contributed by atoms with E-state index in [1.807, 2.05) is 6.92 Å². The van der Waals surface area contributed by atoms with E-state index in [1.54, 1.807) is 23.1 Å². The predicted octanol–water partition coefficient (Wildman–Crippen LogP) is 3.24. The lowest BCUT2D eigenvalue weighted by Gasteiger charge is -2.34. The van der Waals surface area contributed by atoms with Gasteiger partial charge < -0.3 is 14.7 Å². The maximum atomic E-state index is 13.0. The highest BCUT2D eigenvalue weighted by atomic mass is 19.1. The summed E-state index contributed by atoms with van der Waals surface area (Å²) >= 11 is 0. The number of anilines is 1. The van der Waals surface area contributed by atoms with Crippen LogP contribution in [-0.4, -0.2) is 17.1 Å². The normalized spacial score (nSPS) is 17.1. The first-order valence-electron chi connectivity index (χ1n) is 7.14. The van der Waals surface area contributed by atoms with E-state index < -0.39 is 6.10 Å². The van der Waals surface area contributed by atoms with Crippen molar-refractivity contribution in [3.8, 4) is 11.5 Å². The number of phenols is 1. The summed E-state index contributed by atoms with van der Waals surface area (Å²) in [6, 6.07) is 10.7. The predicted molar refractivity (Wildman–Crippen MR) is 80.4 cm³/mol. The summed E-state index contributed by atoms with van der Waals surface area (Å²) in [7, 11) is 0. The topological polar surface area (TPSA) is 49.8 Å². The first-order valence-corrected chi connectivity index (χ1v) is 7.14. The zero-order valence-electron chi connectivity index (χ0n) is 12.1. The molecule has 0 saturated heterocycles. The average molecular weight is 301 g/mol. The summed E-state index contributed by atoms with van der Waals surface area (Å²) in [5, 5.41) is 9.59. The van der Waals surface area contributed by atoms with E-state index >= 15 is 0 Å². The summed E-state index contributed by atoms with van der Waals surface area (Å²) in [5.74, 6) is 0.122. The average Bonchev–Trinajstić information content (AvgIpc) is 2.51. The Bertz CT molecular complexity index is 700. The second kappa shape index (κ2) is 5.67. The van der Waals surface area contributed by atoms with Crippen molar-refractivity contribution < 1.29 is 19.0 Å². The van der Waals surface area contributed by atoms with Gasteiger partial charge in [0.25, 0.3) is 5.91 Å². The molecule has 114 valence electrons. The van der Waals surface area contributed by atoms with Crippen LogP contribution in [0.2, 0.25) is 0 Å². The number of hydrogen-bond donors (Lipinski definition) is 1. The zero-order valence-corrected chi connectivity index (χ0v) is 12.1. The highest BCUT2D eigenvalue weighted by molar-refractivity contribution is 6.00. The van der Waals surface area contributed by atoms with Gasteiger partial charge in [-0.2, -0.15) is 0 Å². The Morgan fingerprint density at radius 3 is 2.64 bits per heavy atom. The van der Waals surface area contributed by atoms with Crippen molar-refractivity contribution >= 4 is 11.6 Å². The maximum Gasteiger partial charge on any atom is 0.268 e. The zero-order chi connectivity index (χ0) is 15.7. The molecule has 0 aromatic heterocycles. The summed E-state index contributed by atoms with van der Waals surface area (Å²) in [5.41, 5.74) is 1.43. The van der Waals surface area contributed by atoms with Gasteiger partial charge in [-0.15, -0.1) is 0 Å². The lowest BCUT2D eigenvalue weighted by Crippen LogP contribution is -2.45. The largest absolute Gasteiger partial charge is 0.508 e. The molecule has 0 fully saturated rings. The van der Waals surface area contributed by atoms with Crippen molar-refractivity contribution in [2.45, 2.75) is 26.0 Å². The molecule has 1 amide bonds. The molecule has 1 heterocycles. The Kier molecular flexibility index (Phi) is 3.71. The van der Waals surface area contributed by atoms with E-state index in [0.717, 1.165) is 5.56 Å². The molecule has 22 heavy (non-hydrogen) atoms. The number of aromatic hydroxyl groups is 1. The van der Waals surface area contributed by atoms with Crippen LogP contribution in [0, 0.1) is 5.82 Å². The number of hydrogen-bond acceptors (Lipinski definition) is 3. The third-order valence-corrected chi connectivity index (χ3v) is 3.67. The Morgan fingerprint density at radius 1 is 1.23 bits per heavy atom. The van der Waals surface area contributed by atoms with Gasteiger partial charge in [-0.3, -0.25) is 4.79 Å². The molecule has 1 atom stereocenters. The van der Waals surface area contributed by atoms with Crippen LogP contribution in [-0.2, 0) is 11.3 Å². The van der Waals surface area contributed by atoms with Crippen LogP contribution in [0.3, 0.4) is 0 Å². The molecule has 3 rings (SSSR count).